The SMILES string of the molecule is CCCN(CC(=O)O)C(=O)N(CCC#N)CCOC. The van der Waals surface area contributed by atoms with Crippen molar-refractivity contribution < 1.29 is 19.4 Å². The fourth-order valence-electron chi connectivity index (χ4n) is 1.57. The summed E-state index contributed by atoms with van der Waals surface area (Å²) in [5.74, 6) is -1.05. The van der Waals surface area contributed by atoms with Gasteiger partial charge in [0, 0.05) is 26.7 Å². The normalized spacial score (nSPS) is 9.74. The van der Waals surface area contributed by atoms with Gasteiger partial charge in [-0.3, -0.25) is 4.79 Å². The zero-order valence-corrected chi connectivity index (χ0v) is 11.5. The monoisotopic (exact) mass is 271 g/mol. The number of nitriles is 1. The zero-order chi connectivity index (χ0) is 14.7. The highest BCUT2D eigenvalue weighted by Crippen LogP contribution is 2.02. The van der Waals surface area contributed by atoms with E-state index in [1.807, 2.05) is 13.0 Å². The van der Waals surface area contributed by atoms with Crippen LogP contribution in [0.3, 0.4) is 0 Å². The summed E-state index contributed by atoms with van der Waals surface area (Å²) in [5.41, 5.74) is 0. The van der Waals surface area contributed by atoms with E-state index in [4.69, 9.17) is 15.1 Å². The van der Waals surface area contributed by atoms with Crippen LogP contribution in [0.1, 0.15) is 19.8 Å². The topological polar surface area (TPSA) is 93.9 Å². The zero-order valence-electron chi connectivity index (χ0n) is 11.5. The Morgan fingerprint density at radius 3 is 2.42 bits per heavy atom. The molecular weight excluding hydrogens is 250 g/mol. The number of amides is 2. The van der Waals surface area contributed by atoms with Crippen molar-refractivity contribution in [1.29, 1.82) is 5.26 Å². The van der Waals surface area contributed by atoms with Crippen molar-refractivity contribution in [2.75, 3.05) is 39.9 Å². The number of aliphatic carboxylic acids is 1. The van der Waals surface area contributed by atoms with Crippen LogP contribution in [0.4, 0.5) is 4.79 Å². The third-order valence-electron chi connectivity index (χ3n) is 2.42. The number of nitrogens with zero attached hydrogens (tertiary/aromatic N) is 3. The van der Waals surface area contributed by atoms with Gasteiger partial charge in [0.1, 0.15) is 6.54 Å². The fraction of sp³-hybridized carbons (Fsp3) is 0.750. The van der Waals surface area contributed by atoms with Gasteiger partial charge in [-0.25, -0.2) is 4.79 Å². The first-order chi connectivity index (χ1) is 9.06. The first-order valence-corrected chi connectivity index (χ1v) is 6.18. The number of carbonyl (C=O) groups excluding carboxylic acids is 1. The molecule has 1 N–H and O–H groups in total. The molecular formula is C12H21N3O4. The number of carbonyl (C=O) groups is 2. The lowest BCUT2D eigenvalue weighted by Crippen LogP contribution is -2.47. The number of hydrogen-bond acceptors (Lipinski definition) is 4. The molecule has 0 saturated carbocycles. The Kier molecular flexibility index (Phi) is 9.18. The Bertz CT molecular complexity index is 327. The molecule has 0 aliphatic rings. The van der Waals surface area contributed by atoms with Crippen LogP contribution in [0.25, 0.3) is 0 Å². The molecule has 7 heteroatoms. The third-order valence-corrected chi connectivity index (χ3v) is 2.42. The highest BCUT2D eigenvalue weighted by Gasteiger charge is 2.21. The highest BCUT2D eigenvalue weighted by molar-refractivity contribution is 5.80. The van der Waals surface area contributed by atoms with Gasteiger partial charge in [0.05, 0.1) is 19.1 Å². The van der Waals surface area contributed by atoms with Crippen molar-refractivity contribution in [3.63, 3.8) is 0 Å². The Labute approximate surface area is 113 Å². The minimum absolute atomic E-state index is 0.211. The predicted octanol–water partition coefficient (Wildman–Crippen LogP) is 0.765. The van der Waals surface area contributed by atoms with Crippen LogP contribution < -0.4 is 0 Å². The maximum Gasteiger partial charge on any atom is 0.323 e. The molecule has 0 fully saturated rings. The summed E-state index contributed by atoms with van der Waals surface area (Å²) < 4.78 is 4.91. The Hall–Kier alpha value is -1.81. The van der Waals surface area contributed by atoms with Gasteiger partial charge in [-0.05, 0) is 6.42 Å². The van der Waals surface area contributed by atoms with Crippen molar-refractivity contribution >= 4 is 12.0 Å². The van der Waals surface area contributed by atoms with E-state index >= 15 is 0 Å². The summed E-state index contributed by atoms with van der Waals surface area (Å²) in [6.45, 7) is 2.89. The number of hydrogen-bond donors (Lipinski definition) is 1. The van der Waals surface area contributed by atoms with Gasteiger partial charge in [0.15, 0.2) is 0 Å². The number of carboxylic acid groups (broad SMARTS) is 1. The van der Waals surface area contributed by atoms with Gasteiger partial charge in [-0.1, -0.05) is 6.92 Å². The Morgan fingerprint density at radius 1 is 1.26 bits per heavy atom. The second kappa shape index (κ2) is 10.1. The van der Waals surface area contributed by atoms with E-state index in [9.17, 15) is 9.59 Å². The molecule has 0 rings (SSSR count). The van der Waals surface area contributed by atoms with Gasteiger partial charge >= 0.3 is 12.0 Å². The minimum atomic E-state index is -1.05. The van der Waals surface area contributed by atoms with Crippen molar-refractivity contribution in [3.05, 3.63) is 0 Å². The molecule has 0 heterocycles. The molecule has 0 aromatic heterocycles. The summed E-state index contributed by atoms with van der Waals surface area (Å²) in [6, 6.07) is 1.61. The minimum Gasteiger partial charge on any atom is -0.480 e. The van der Waals surface area contributed by atoms with E-state index in [1.165, 1.54) is 16.9 Å². The molecule has 108 valence electrons. The molecule has 0 aliphatic carbocycles. The van der Waals surface area contributed by atoms with E-state index < -0.39 is 5.97 Å². The molecule has 0 aromatic rings. The molecule has 0 atom stereocenters. The van der Waals surface area contributed by atoms with E-state index in [2.05, 4.69) is 0 Å². The van der Waals surface area contributed by atoms with Gasteiger partial charge in [-0.2, -0.15) is 5.26 Å². The van der Waals surface area contributed by atoms with Crippen molar-refractivity contribution in [1.82, 2.24) is 9.80 Å². The Balaban J connectivity index is 4.68. The van der Waals surface area contributed by atoms with Crippen LogP contribution in [-0.4, -0.2) is 66.8 Å². The van der Waals surface area contributed by atoms with Crippen LogP contribution in [0.5, 0.6) is 0 Å². The lowest BCUT2D eigenvalue weighted by atomic mass is 10.3. The summed E-state index contributed by atoms with van der Waals surface area (Å²) in [6.07, 6.45) is 0.887. The maximum atomic E-state index is 12.2. The molecule has 0 bridgehead atoms. The average molecular weight is 271 g/mol. The smallest absolute Gasteiger partial charge is 0.323 e. The summed E-state index contributed by atoms with van der Waals surface area (Å²) in [5, 5.41) is 17.4. The predicted molar refractivity (Wildman–Crippen MR) is 68.6 cm³/mol. The van der Waals surface area contributed by atoms with Crippen molar-refractivity contribution in [2.45, 2.75) is 19.8 Å². The molecule has 0 saturated heterocycles. The van der Waals surface area contributed by atoms with Gasteiger partial charge in [-0.15, -0.1) is 0 Å². The second-order valence-corrected chi connectivity index (χ2v) is 3.99. The molecule has 2 amide bonds. The van der Waals surface area contributed by atoms with E-state index in [0.29, 0.717) is 26.1 Å². The third kappa shape index (κ3) is 7.26. The molecule has 0 radical (unpaired) electrons. The van der Waals surface area contributed by atoms with Gasteiger partial charge in [0.25, 0.3) is 0 Å². The molecule has 19 heavy (non-hydrogen) atoms. The van der Waals surface area contributed by atoms with Gasteiger partial charge in [0.2, 0.25) is 0 Å². The quantitative estimate of drug-likeness (QED) is 0.668. The molecule has 0 unspecified atom stereocenters. The summed E-state index contributed by atoms with van der Waals surface area (Å²) >= 11 is 0. The van der Waals surface area contributed by atoms with E-state index in [-0.39, 0.29) is 25.5 Å². The average Bonchev–Trinajstić information content (AvgIpc) is 2.37. The first-order valence-electron chi connectivity index (χ1n) is 6.18. The number of urea groups is 1. The summed E-state index contributed by atoms with van der Waals surface area (Å²) in [7, 11) is 1.52. The van der Waals surface area contributed by atoms with Crippen LogP contribution in [0.2, 0.25) is 0 Å². The van der Waals surface area contributed by atoms with Crippen LogP contribution in [0.15, 0.2) is 0 Å². The largest absolute Gasteiger partial charge is 0.480 e. The van der Waals surface area contributed by atoms with Crippen molar-refractivity contribution in [2.24, 2.45) is 0 Å². The lowest BCUT2D eigenvalue weighted by molar-refractivity contribution is -0.137. The maximum absolute atomic E-state index is 12.2. The fourth-order valence-corrected chi connectivity index (χ4v) is 1.57. The molecule has 0 spiro atoms. The highest BCUT2D eigenvalue weighted by atomic mass is 16.5. The second-order valence-electron chi connectivity index (χ2n) is 3.99. The number of rotatable bonds is 9. The Morgan fingerprint density at radius 2 is 1.95 bits per heavy atom. The first kappa shape index (κ1) is 17.2. The number of methoxy groups -OCH3 is 1. The molecule has 0 aromatic carbocycles. The van der Waals surface area contributed by atoms with Crippen LogP contribution >= 0.6 is 0 Å². The van der Waals surface area contributed by atoms with Crippen LogP contribution in [0, 0.1) is 11.3 Å². The number of ether oxygens (including phenoxy) is 1. The van der Waals surface area contributed by atoms with E-state index in [1.54, 1.807) is 0 Å². The van der Waals surface area contributed by atoms with Crippen molar-refractivity contribution in [3.8, 4) is 6.07 Å². The number of carboxylic acids is 1. The molecule has 7 nitrogen and oxygen atoms in total. The van der Waals surface area contributed by atoms with Gasteiger partial charge < -0.3 is 19.6 Å². The molecule has 0 aliphatic heterocycles. The van der Waals surface area contributed by atoms with E-state index in [0.717, 1.165) is 0 Å². The standard InChI is InChI=1S/C12H21N3O4/c1-3-6-15(10-11(16)17)12(18)14(7-4-5-13)8-9-19-2/h3-4,6-10H2,1-2H3,(H,16,17). The lowest BCUT2D eigenvalue weighted by Gasteiger charge is -2.29. The summed E-state index contributed by atoms with van der Waals surface area (Å²) in [4.78, 5) is 25.7. The van der Waals surface area contributed by atoms with Crippen LogP contribution in [-0.2, 0) is 9.53 Å².